The molecule has 2 N–H and O–H groups in total. The van der Waals surface area contributed by atoms with Gasteiger partial charge in [0.2, 0.25) is 0 Å². The van der Waals surface area contributed by atoms with Gasteiger partial charge in [-0.2, -0.15) is 0 Å². The van der Waals surface area contributed by atoms with Gasteiger partial charge >= 0.3 is 0 Å². The number of halogens is 2. The summed E-state index contributed by atoms with van der Waals surface area (Å²) in [7, 11) is 0. The van der Waals surface area contributed by atoms with Crippen LogP contribution in [0.3, 0.4) is 0 Å². The Kier molecular flexibility index (Phi) is 3.66. The highest BCUT2D eigenvalue weighted by Gasteiger charge is 2.18. The smallest absolute Gasteiger partial charge is 0.137 e. The Morgan fingerprint density at radius 2 is 2.05 bits per heavy atom. The topological polar surface area (TPSA) is 40.7 Å². The molecule has 3 rings (SSSR count). The monoisotopic (exact) mass is 323 g/mol. The maximum atomic E-state index is 13.2. The van der Waals surface area contributed by atoms with E-state index in [0.717, 1.165) is 43.0 Å². The number of nitrogens with zero attached hydrogens (tertiary/aromatic N) is 1. The molecule has 1 aromatic carbocycles. The number of nitrogens with one attached hydrogen (secondary N) is 2. The third kappa shape index (κ3) is 2.72. The molecular weight excluding hydrogens is 309 g/mol. The van der Waals surface area contributed by atoms with Crippen LogP contribution in [0.5, 0.6) is 0 Å². The molecule has 3 nitrogen and oxygen atoms in total. The van der Waals surface area contributed by atoms with Crippen molar-refractivity contribution in [3.8, 4) is 11.3 Å². The second kappa shape index (κ2) is 5.43. The van der Waals surface area contributed by atoms with Crippen LogP contribution in [0.4, 0.5) is 4.39 Å². The van der Waals surface area contributed by atoms with E-state index in [0.29, 0.717) is 10.4 Å². The van der Waals surface area contributed by atoms with Crippen LogP contribution in [0.25, 0.3) is 11.3 Å². The zero-order valence-electron chi connectivity index (χ0n) is 10.4. The van der Waals surface area contributed by atoms with Crippen molar-refractivity contribution in [2.75, 3.05) is 13.1 Å². The van der Waals surface area contributed by atoms with Crippen LogP contribution in [0, 0.1) is 5.82 Å². The zero-order chi connectivity index (χ0) is 13.2. The largest absolute Gasteiger partial charge is 0.342 e. The minimum Gasteiger partial charge on any atom is -0.342 e. The van der Waals surface area contributed by atoms with Crippen molar-refractivity contribution in [3.05, 3.63) is 40.5 Å². The minimum absolute atomic E-state index is 0.248. The molecule has 0 unspecified atom stereocenters. The van der Waals surface area contributed by atoms with Gasteiger partial charge in [-0.15, -0.1) is 0 Å². The summed E-state index contributed by atoms with van der Waals surface area (Å²) in [6.45, 7) is 2.09. The number of rotatable bonds is 2. The van der Waals surface area contributed by atoms with Gasteiger partial charge in [0.15, 0.2) is 0 Å². The van der Waals surface area contributed by atoms with Gasteiger partial charge in [-0.25, -0.2) is 9.37 Å². The number of imidazole rings is 1. The molecule has 0 bridgehead atoms. The average Bonchev–Trinajstić information content (AvgIpc) is 2.93. The maximum Gasteiger partial charge on any atom is 0.137 e. The second-order valence-electron chi connectivity index (χ2n) is 4.84. The number of aromatic nitrogens is 2. The SMILES string of the molecule is Fc1ccc(-c2cnc(C3CCNCC3)[nH]2)cc1Br. The van der Waals surface area contributed by atoms with Crippen molar-refractivity contribution in [2.24, 2.45) is 0 Å². The zero-order valence-corrected chi connectivity index (χ0v) is 12.0. The maximum absolute atomic E-state index is 13.2. The lowest BCUT2D eigenvalue weighted by molar-refractivity contribution is 0.447. The van der Waals surface area contributed by atoms with Crippen LogP contribution < -0.4 is 5.32 Å². The van der Waals surface area contributed by atoms with Crippen LogP contribution in [-0.4, -0.2) is 23.1 Å². The average molecular weight is 324 g/mol. The summed E-state index contributed by atoms with van der Waals surface area (Å²) in [6.07, 6.45) is 4.05. The molecule has 19 heavy (non-hydrogen) atoms. The molecule has 1 saturated heterocycles. The molecule has 1 aliphatic rings. The molecule has 1 aromatic heterocycles. The summed E-state index contributed by atoms with van der Waals surface area (Å²) < 4.78 is 13.7. The van der Waals surface area contributed by atoms with Crippen molar-refractivity contribution >= 4 is 15.9 Å². The molecule has 0 amide bonds. The molecule has 1 aliphatic heterocycles. The van der Waals surface area contributed by atoms with E-state index in [9.17, 15) is 4.39 Å². The molecule has 2 aromatic rings. The lowest BCUT2D eigenvalue weighted by Gasteiger charge is -2.20. The molecule has 2 heterocycles. The minimum atomic E-state index is -0.248. The molecule has 0 saturated carbocycles. The third-order valence-electron chi connectivity index (χ3n) is 3.55. The highest BCUT2D eigenvalue weighted by atomic mass is 79.9. The molecule has 0 aliphatic carbocycles. The fourth-order valence-electron chi connectivity index (χ4n) is 2.45. The van der Waals surface area contributed by atoms with Gasteiger partial charge in [0, 0.05) is 11.5 Å². The van der Waals surface area contributed by atoms with Gasteiger partial charge in [0.1, 0.15) is 11.6 Å². The molecule has 1 fully saturated rings. The Morgan fingerprint density at radius 3 is 2.79 bits per heavy atom. The highest BCUT2D eigenvalue weighted by molar-refractivity contribution is 9.10. The Morgan fingerprint density at radius 1 is 1.26 bits per heavy atom. The van der Waals surface area contributed by atoms with Gasteiger partial charge in [0.25, 0.3) is 0 Å². The van der Waals surface area contributed by atoms with Crippen LogP contribution in [0.15, 0.2) is 28.9 Å². The van der Waals surface area contributed by atoms with Crippen molar-refractivity contribution in [1.29, 1.82) is 0 Å². The van der Waals surface area contributed by atoms with Gasteiger partial charge in [-0.1, -0.05) is 0 Å². The molecule has 0 atom stereocenters. The molecule has 0 radical (unpaired) electrons. The number of piperidine rings is 1. The first kappa shape index (κ1) is 12.8. The first-order valence-corrected chi connectivity index (χ1v) is 7.24. The lowest BCUT2D eigenvalue weighted by Crippen LogP contribution is -2.27. The third-order valence-corrected chi connectivity index (χ3v) is 4.16. The number of hydrogen-bond acceptors (Lipinski definition) is 2. The van der Waals surface area contributed by atoms with Crippen molar-refractivity contribution in [1.82, 2.24) is 15.3 Å². The van der Waals surface area contributed by atoms with Gasteiger partial charge in [-0.3, -0.25) is 0 Å². The Hall–Kier alpha value is -1.20. The standard InChI is InChI=1S/C14H15BrFN3/c15-11-7-10(1-2-12(11)16)13-8-18-14(19-13)9-3-5-17-6-4-9/h1-2,7-9,17H,3-6H2,(H,18,19). The van der Waals surface area contributed by atoms with Crippen LogP contribution in [-0.2, 0) is 0 Å². The Labute approximate surface area is 119 Å². The van der Waals surface area contributed by atoms with E-state index < -0.39 is 0 Å². The number of H-pyrrole nitrogens is 1. The van der Waals surface area contributed by atoms with Gasteiger partial charge in [-0.05, 0) is 60.1 Å². The molecule has 0 spiro atoms. The van der Waals surface area contributed by atoms with Gasteiger partial charge in [0.05, 0.1) is 16.4 Å². The predicted octanol–water partition coefficient (Wildman–Crippen LogP) is 3.45. The predicted molar refractivity (Wildman–Crippen MR) is 76.5 cm³/mol. The molecular formula is C14H15BrFN3. The summed E-state index contributed by atoms with van der Waals surface area (Å²) in [5.41, 5.74) is 1.88. The fraction of sp³-hybridized carbons (Fsp3) is 0.357. The molecule has 5 heteroatoms. The summed E-state index contributed by atoms with van der Waals surface area (Å²) in [5.74, 6) is 1.29. The number of benzene rings is 1. The van der Waals surface area contributed by atoms with Crippen LogP contribution in [0.1, 0.15) is 24.6 Å². The number of hydrogen-bond donors (Lipinski definition) is 2. The summed E-state index contributed by atoms with van der Waals surface area (Å²) in [4.78, 5) is 7.84. The van der Waals surface area contributed by atoms with Crippen LogP contribution >= 0.6 is 15.9 Å². The summed E-state index contributed by atoms with van der Waals surface area (Å²) in [6, 6.07) is 5.00. The fourth-order valence-corrected chi connectivity index (χ4v) is 2.83. The van der Waals surface area contributed by atoms with E-state index in [4.69, 9.17) is 0 Å². The lowest BCUT2D eigenvalue weighted by atomic mass is 9.98. The van der Waals surface area contributed by atoms with Crippen LogP contribution in [0.2, 0.25) is 0 Å². The normalized spacial score (nSPS) is 16.7. The van der Waals surface area contributed by atoms with E-state index in [1.54, 1.807) is 12.1 Å². The first-order valence-electron chi connectivity index (χ1n) is 6.45. The molecule has 100 valence electrons. The van der Waals surface area contributed by atoms with Crippen molar-refractivity contribution < 1.29 is 4.39 Å². The summed E-state index contributed by atoms with van der Waals surface area (Å²) >= 11 is 3.21. The van der Waals surface area contributed by atoms with E-state index in [1.165, 1.54) is 6.07 Å². The number of aromatic amines is 1. The van der Waals surface area contributed by atoms with Crippen molar-refractivity contribution in [3.63, 3.8) is 0 Å². The first-order chi connectivity index (χ1) is 9.24. The summed E-state index contributed by atoms with van der Waals surface area (Å²) in [5, 5.41) is 3.35. The van der Waals surface area contributed by atoms with E-state index >= 15 is 0 Å². The van der Waals surface area contributed by atoms with E-state index in [-0.39, 0.29) is 5.82 Å². The van der Waals surface area contributed by atoms with E-state index in [2.05, 4.69) is 31.2 Å². The highest BCUT2D eigenvalue weighted by Crippen LogP contribution is 2.27. The Balaban J connectivity index is 1.85. The van der Waals surface area contributed by atoms with E-state index in [1.807, 2.05) is 6.20 Å². The van der Waals surface area contributed by atoms with Gasteiger partial charge < -0.3 is 10.3 Å². The van der Waals surface area contributed by atoms with Crippen molar-refractivity contribution in [2.45, 2.75) is 18.8 Å². The Bertz CT molecular complexity index is 576. The quantitative estimate of drug-likeness (QED) is 0.888. The second-order valence-corrected chi connectivity index (χ2v) is 5.69.